The first-order chi connectivity index (χ1) is 23.0. The first kappa shape index (κ1) is 34.4. The van der Waals surface area contributed by atoms with E-state index in [0.717, 1.165) is 47.8 Å². The molecule has 0 fully saturated rings. The third-order valence-corrected chi connectivity index (χ3v) is 7.07. The first-order valence-electron chi connectivity index (χ1n) is 15.5. The Kier molecular flexibility index (Phi) is 13.6. The lowest BCUT2D eigenvalue weighted by Gasteiger charge is -2.13. The molecular formula is C38H40O9. The second kappa shape index (κ2) is 18.5. The molecule has 0 saturated carbocycles. The number of carbonyl (C=O) groups is 2. The maximum Gasteiger partial charge on any atom is 0.343 e. The Bertz CT molecular complexity index is 1630. The molecule has 47 heavy (non-hydrogen) atoms. The Morgan fingerprint density at radius 1 is 0.660 bits per heavy atom. The lowest BCUT2D eigenvalue weighted by Crippen LogP contribution is -2.10. The molecule has 246 valence electrons. The van der Waals surface area contributed by atoms with Crippen LogP contribution in [0, 0.1) is 0 Å². The second-order valence-corrected chi connectivity index (χ2v) is 10.3. The van der Waals surface area contributed by atoms with E-state index in [1.54, 1.807) is 42.5 Å². The molecule has 0 heterocycles. The van der Waals surface area contributed by atoms with E-state index in [1.165, 1.54) is 12.3 Å². The predicted octanol–water partition coefficient (Wildman–Crippen LogP) is 8.20. The number of carbonyl (C=O) groups excluding carboxylic acids is 2. The molecule has 0 aliphatic rings. The molecule has 0 unspecified atom stereocenters. The van der Waals surface area contributed by atoms with E-state index < -0.39 is 5.97 Å². The number of benzene rings is 4. The summed E-state index contributed by atoms with van der Waals surface area (Å²) >= 11 is 0. The van der Waals surface area contributed by atoms with Gasteiger partial charge in [0, 0.05) is 6.08 Å². The van der Waals surface area contributed by atoms with Crippen LogP contribution in [0.3, 0.4) is 0 Å². The van der Waals surface area contributed by atoms with Gasteiger partial charge in [0.15, 0.2) is 0 Å². The van der Waals surface area contributed by atoms with Gasteiger partial charge in [-0.15, -0.1) is 0 Å². The summed E-state index contributed by atoms with van der Waals surface area (Å²) in [5, 5.41) is 1.87. The standard InChI is InChI=1S/C38H40O9/c1-4-28-24-35(46-27-45-33-17-15-32(16-18-33)44-26-41-6-3)19-20-36(28)47-38(40)31-12-11-30-25-34(14-13-29(30)23-31)42-21-9-7-8-10-22-43-37(39)5-2/h5-6,11-20,23-25H,2-4,7-10,21-22,26-27H2,1H3. The monoisotopic (exact) mass is 640 g/mol. The van der Waals surface area contributed by atoms with Gasteiger partial charge in [0.05, 0.1) is 25.0 Å². The van der Waals surface area contributed by atoms with Crippen molar-refractivity contribution in [2.24, 2.45) is 0 Å². The number of rotatable bonds is 20. The van der Waals surface area contributed by atoms with Gasteiger partial charge in [-0.3, -0.25) is 0 Å². The molecular weight excluding hydrogens is 600 g/mol. The summed E-state index contributed by atoms with van der Waals surface area (Å²) < 4.78 is 38.5. The average molecular weight is 641 g/mol. The highest BCUT2D eigenvalue weighted by molar-refractivity contribution is 5.96. The van der Waals surface area contributed by atoms with Crippen LogP contribution < -0.4 is 23.7 Å². The minimum absolute atomic E-state index is 0.00249. The summed E-state index contributed by atoms with van der Waals surface area (Å²) in [6.07, 6.45) is 6.78. The van der Waals surface area contributed by atoms with Crippen molar-refractivity contribution in [3.8, 4) is 28.7 Å². The highest BCUT2D eigenvalue weighted by Gasteiger charge is 2.13. The number of esters is 2. The Morgan fingerprint density at radius 3 is 2.00 bits per heavy atom. The van der Waals surface area contributed by atoms with Gasteiger partial charge in [0.2, 0.25) is 13.6 Å². The maximum atomic E-state index is 13.1. The number of hydrogen-bond acceptors (Lipinski definition) is 9. The van der Waals surface area contributed by atoms with E-state index in [1.807, 2.05) is 43.3 Å². The largest absolute Gasteiger partial charge is 0.494 e. The zero-order valence-corrected chi connectivity index (χ0v) is 26.6. The van der Waals surface area contributed by atoms with Crippen LogP contribution in [-0.4, -0.2) is 38.7 Å². The third kappa shape index (κ3) is 11.1. The Balaban J connectivity index is 1.23. The molecule has 0 spiro atoms. The molecule has 0 aliphatic carbocycles. The van der Waals surface area contributed by atoms with Crippen LogP contribution in [0.2, 0.25) is 0 Å². The van der Waals surface area contributed by atoms with Gasteiger partial charge in [-0.2, -0.15) is 0 Å². The minimum atomic E-state index is -0.443. The van der Waals surface area contributed by atoms with Crippen LogP contribution in [0.1, 0.15) is 48.5 Å². The fraction of sp³-hybridized carbons (Fsp3) is 0.263. The fourth-order valence-corrected chi connectivity index (χ4v) is 4.55. The lowest BCUT2D eigenvalue weighted by molar-refractivity contribution is -0.137. The van der Waals surface area contributed by atoms with E-state index in [9.17, 15) is 9.59 Å². The highest BCUT2D eigenvalue weighted by atomic mass is 16.7. The van der Waals surface area contributed by atoms with Crippen LogP contribution in [0.15, 0.2) is 104 Å². The van der Waals surface area contributed by atoms with Crippen LogP contribution in [0.25, 0.3) is 10.8 Å². The van der Waals surface area contributed by atoms with E-state index in [4.69, 9.17) is 33.2 Å². The summed E-state index contributed by atoms with van der Waals surface area (Å²) in [7, 11) is 0. The molecule has 0 N–H and O–H groups in total. The number of aryl methyl sites for hydroxylation is 1. The van der Waals surface area contributed by atoms with E-state index in [2.05, 4.69) is 13.2 Å². The van der Waals surface area contributed by atoms with Crippen molar-refractivity contribution in [2.75, 3.05) is 26.8 Å². The zero-order chi connectivity index (χ0) is 33.3. The Morgan fingerprint density at radius 2 is 1.28 bits per heavy atom. The molecule has 4 aromatic rings. The van der Waals surface area contributed by atoms with E-state index in [-0.39, 0.29) is 19.6 Å². The molecule has 4 aromatic carbocycles. The Hall–Kier alpha value is -5.44. The van der Waals surface area contributed by atoms with Crippen LogP contribution in [-0.2, 0) is 20.7 Å². The molecule has 9 nitrogen and oxygen atoms in total. The summed E-state index contributed by atoms with van der Waals surface area (Å²) in [5.74, 6) is 2.27. The zero-order valence-electron chi connectivity index (χ0n) is 26.6. The second-order valence-electron chi connectivity index (χ2n) is 10.3. The SMILES string of the molecule is C=COCOc1ccc(OCOc2ccc(OC(=O)c3ccc4cc(OCCCCCCOC(=O)C=C)ccc4c3)c(CC)c2)cc1. The van der Waals surface area contributed by atoms with Gasteiger partial charge in [0.25, 0.3) is 0 Å². The van der Waals surface area contributed by atoms with Crippen LogP contribution in [0.4, 0.5) is 0 Å². The van der Waals surface area contributed by atoms with Crippen LogP contribution >= 0.6 is 0 Å². The van der Waals surface area contributed by atoms with Crippen molar-refractivity contribution < 1.29 is 42.7 Å². The number of unbranched alkanes of at least 4 members (excludes halogenated alkanes) is 3. The number of hydrogen-bond donors (Lipinski definition) is 0. The molecule has 4 rings (SSSR count). The number of fused-ring (bicyclic) bond motifs is 1. The summed E-state index contributed by atoms with van der Waals surface area (Å²) in [6.45, 7) is 9.92. The normalized spacial score (nSPS) is 10.5. The smallest absolute Gasteiger partial charge is 0.343 e. The summed E-state index contributed by atoms with van der Waals surface area (Å²) in [4.78, 5) is 24.1. The van der Waals surface area contributed by atoms with Gasteiger partial charge in [-0.25, -0.2) is 9.59 Å². The third-order valence-electron chi connectivity index (χ3n) is 7.07. The van der Waals surface area contributed by atoms with Gasteiger partial charge < -0.3 is 33.2 Å². The average Bonchev–Trinajstić information content (AvgIpc) is 3.10. The van der Waals surface area contributed by atoms with Crippen molar-refractivity contribution in [3.63, 3.8) is 0 Å². The topological polar surface area (TPSA) is 98.8 Å². The van der Waals surface area contributed by atoms with E-state index >= 15 is 0 Å². The maximum absolute atomic E-state index is 13.1. The molecule has 0 bridgehead atoms. The number of ether oxygens (including phenoxy) is 7. The molecule has 0 radical (unpaired) electrons. The van der Waals surface area contributed by atoms with Crippen molar-refractivity contribution in [2.45, 2.75) is 39.0 Å². The first-order valence-corrected chi connectivity index (χ1v) is 15.5. The summed E-state index contributed by atoms with van der Waals surface area (Å²) in [5.41, 5.74) is 1.28. The predicted molar refractivity (Wildman–Crippen MR) is 179 cm³/mol. The van der Waals surface area contributed by atoms with Gasteiger partial charge >= 0.3 is 11.9 Å². The lowest BCUT2D eigenvalue weighted by atomic mass is 10.1. The molecule has 9 heteroatoms. The summed E-state index contributed by atoms with van der Waals surface area (Å²) in [6, 6.07) is 23.6. The van der Waals surface area contributed by atoms with Crippen molar-refractivity contribution in [3.05, 3.63) is 115 Å². The van der Waals surface area contributed by atoms with E-state index in [0.29, 0.717) is 48.2 Å². The van der Waals surface area contributed by atoms with Crippen molar-refractivity contribution >= 4 is 22.7 Å². The van der Waals surface area contributed by atoms with Crippen molar-refractivity contribution in [1.29, 1.82) is 0 Å². The quantitative estimate of drug-likeness (QED) is 0.0236. The van der Waals surface area contributed by atoms with Gasteiger partial charge in [-0.05, 0) is 115 Å². The van der Waals surface area contributed by atoms with Crippen LogP contribution in [0.5, 0.6) is 28.7 Å². The molecule has 0 saturated heterocycles. The van der Waals surface area contributed by atoms with Gasteiger partial charge in [-0.1, -0.05) is 32.2 Å². The fourth-order valence-electron chi connectivity index (χ4n) is 4.55. The van der Waals surface area contributed by atoms with Gasteiger partial charge in [0.1, 0.15) is 28.7 Å². The molecule has 0 amide bonds. The van der Waals surface area contributed by atoms with Crippen molar-refractivity contribution in [1.82, 2.24) is 0 Å². The molecule has 0 aromatic heterocycles. The molecule has 0 aliphatic heterocycles. The Labute approximate surface area is 275 Å². The highest BCUT2D eigenvalue weighted by Crippen LogP contribution is 2.28. The molecule has 0 atom stereocenters. The minimum Gasteiger partial charge on any atom is -0.494 e.